The van der Waals surface area contributed by atoms with Crippen molar-refractivity contribution in [3.05, 3.63) is 24.3 Å². The molecule has 1 atom stereocenters. The van der Waals surface area contributed by atoms with Gasteiger partial charge in [-0.05, 0) is 27.2 Å². The number of hydrogen-bond donors (Lipinski definition) is 1. The summed E-state index contributed by atoms with van der Waals surface area (Å²) >= 11 is 0. The Balaban J connectivity index is -0.00000392. The monoisotopic (exact) mass is 442 g/mol. The molecule has 1 N–H and O–H groups in total. The molecule has 0 fully saturated rings. The fourth-order valence-electron chi connectivity index (χ4n) is 2.01. The number of unbranched alkanes of at least 4 members (excludes halogenated alkanes) is 1. The molecule has 0 aliphatic rings. The summed E-state index contributed by atoms with van der Waals surface area (Å²) in [6.45, 7) is 11.3. The van der Waals surface area contributed by atoms with Crippen molar-refractivity contribution in [2.45, 2.75) is 52.2 Å². The second-order valence-corrected chi connectivity index (χ2v) is 8.86. The predicted octanol–water partition coefficient (Wildman–Crippen LogP) is -0.662. The molecule has 0 radical (unpaired) electrons. The van der Waals surface area contributed by atoms with Gasteiger partial charge in [-0.25, -0.2) is 9.59 Å². The zero-order chi connectivity index (χ0) is 22.8. The van der Waals surface area contributed by atoms with Crippen LogP contribution in [0.3, 0.4) is 0 Å². The minimum absolute atomic E-state index is 0. The normalized spacial score (nSPS) is 12.2. The molecule has 1 unspecified atom stereocenters. The quantitative estimate of drug-likeness (QED) is 0.130. The molecule has 0 aliphatic carbocycles. The van der Waals surface area contributed by atoms with E-state index in [0.29, 0.717) is 12.8 Å². The van der Waals surface area contributed by atoms with Crippen LogP contribution < -0.4 is 18.9 Å². The number of ether oxygens (including phenoxy) is 3. The van der Waals surface area contributed by atoms with Gasteiger partial charge >= 0.3 is 36.8 Å². The summed E-state index contributed by atoms with van der Waals surface area (Å²) in [6, 6.07) is 0. The third-order valence-electron chi connectivity index (χ3n) is 4.06. The van der Waals surface area contributed by atoms with Gasteiger partial charge in [-0.15, -0.1) is 0 Å². The van der Waals surface area contributed by atoms with E-state index in [1.54, 1.807) is 0 Å². The Hall–Kier alpha value is -1.60. The van der Waals surface area contributed by atoms with Crippen molar-refractivity contribution in [1.29, 1.82) is 0 Å². The van der Waals surface area contributed by atoms with E-state index in [0.717, 1.165) is 0 Å². The maximum atomic E-state index is 12.8. The first-order valence-electron chi connectivity index (χ1n) is 9.05. The second-order valence-electron chi connectivity index (χ2n) is 7.02. The smallest absolute Gasteiger partial charge is 1.00 e. The van der Waals surface area contributed by atoms with Crippen LogP contribution in [-0.2, 0) is 38.7 Å². The number of carbonyl (C=O) groups is 3. The van der Waals surface area contributed by atoms with E-state index in [1.165, 1.54) is 20.8 Å². The topological polar surface area (TPSA) is 133 Å². The Morgan fingerprint density at radius 1 is 1.03 bits per heavy atom. The van der Waals surface area contributed by atoms with E-state index >= 15 is 0 Å². The van der Waals surface area contributed by atoms with E-state index in [2.05, 4.69) is 13.2 Å². The molecule has 0 amide bonds. The Labute approximate surface area is 191 Å². The summed E-state index contributed by atoms with van der Waals surface area (Å²) in [7, 11) is -4.41. The molecule has 0 bridgehead atoms. The van der Waals surface area contributed by atoms with Crippen molar-refractivity contribution < 1.29 is 61.9 Å². The SMILES string of the molecule is C=C(C)C(=O)OCC(CCCC)(COC(=O)C(=C)C)C(=O)OCC(C)S(=O)(=O)O.[H-].[Li+]. The van der Waals surface area contributed by atoms with Crippen molar-refractivity contribution in [1.82, 2.24) is 0 Å². The minimum Gasteiger partial charge on any atom is -1.00 e. The molecule has 0 saturated carbocycles. The molecule has 0 aliphatic heterocycles. The van der Waals surface area contributed by atoms with E-state index in [9.17, 15) is 22.8 Å². The Bertz CT molecular complexity index is 719. The van der Waals surface area contributed by atoms with Gasteiger partial charge in [-0.3, -0.25) is 9.35 Å². The van der Waals surface area contributed by atoms with E-state index in [1.807, 2.05) is 6.92 Å². The average Bonchev–Trinajstić information content (AvgIpc) is 2.63. The number of esters is 3. The van der Waals surface area contributed by atoms with E-state index < -0.39 is 58.5 Å². The van der Waals surface area contributed by atoms with E-state index in [4.69, 9.17) is 18.8 Å². The summed E-state index contributed by atoms with van der Waals surface area (Å²) in [5, 5.41) is -1.36. The number of rotatable bonds is 13. The van der Waals surface area contributed by atoms with Crippen molar-refractivity contribution in [3.8, 4) is 0 Å². The number of carbonyl (C=O) groups excluding carboxylic acids is 3. The van der Waals surface area contributed by atoms with Crippen LogP contribution in [0.25, 0.3) is 0 Å². The summed E-state index contributed by atoms with van der Waals surface area (Å²) in [6.07, 6.45) is 1.34. The van der Waals surface area contributed by atoms with Gasteiger partial charge in [0.1, 0.15) is 30.5 Å². The van der Waals surface area contributed by atoms with Crippen LogP contribution in [0.2, 0.25) is 0 Å². The van der Waals surface area contributed by atoms with Crippen molar-refractivity contribution in [2.75, 3.05) is 19.8 Å². The first-order chi connectivity index (χ1) is 13.3. The molecular weight excluding hydrogens is 411 g/mol. The Morgan fingerprint density at radius 3 is 1.80 bits per heavy atom. The summed E-state index contributed by atoms with van der Waals surface area (Å²) in [5.74, 6) is -2.39. The fourth-order valence-corrected chi connectivity index (χ4v) is 2.25. The van der Waals surface area contributed by atoms with Crippen LogP contribution in [0.15, 0.2) is 24.3 Å². The molecule has 9 nitrogen and oxygen atoms in total. The molecule has 0 spiro atoms. The van der Waals surface area contributed by atoms with Gasteiger partial charge in [0.2, 0.25) is 0 Å². The van der Waals surface area contributed by atoms with Crippen LogP contribution in [0.4, 0.5) is 0 Å². The largest absolute Gasteiger partial charge is 1.00 e. The van der Waals surface area contributed by atoms with Gasteiger partial charge in [0.15, 0.2) is 0 Å². The molecule has 0 rings (SSSR count). The Kier molecular flexibility index (Phi) is 13.9. The van der Waals surface area contributed by atoms with Crippen molar-refractivity contribution in [3.63, 3.8) is 0 Å². The number of hydrogen-bond acceptors (Lipinski definition) is 8. The van der Waals surface area contributed by atoms with Crippen LogP contribution in [0, 0.1) is 5.41 Å². The molecule has 0 heterocycles. The van der Waals surface area contributed by atoms with Crippen LogP contribution in [0.5, 0.6) is 0 Å². The molecule has 168 valence electrons. The third kappa shape index (κ3) is 10.4. The third-order valence-corrected chi connectivity index (χ3v) is 5.21. The maximum absolute atomic E-state index is 12.8. The summed E-state index contributed by atoms with van der Waals surface area (Å²) in [4.78, 5) is 36.5. The standard InChI is InChI=1S/C19H30O9S.Li.H/c1-7-8-9-19(11-27-16(20)13(2)3,12-28-17(21)14(4)5)18(22)26-10-15(6)29(23,24)25;;/h15H,2,4,7-12H2,1,3,5-6H3,(H,23,24,25);;/q;+1;-1. The molecule has 11 heteroatoms. The van der Waals surface area contributed by atoms with Gasteiger partial charge < -0.3 is 15.6 Å². The average molecular weight is 442 g/mol. The van der Waals surface area contributed by atoms with Gasteiger partial charge in [0.25, 0.3) is 10.1 Å². The summed E-state index contributed by atoms with van der Waals surface area (Å²) in [5.41, 5.74) is -1.33. The molecule has 0 aromatic heterocycles. The molecule has 30 heavy (non-hydrogen) atoms. The molecule has 0 aromatic carbocycles. The van der Waals surface area contributed by atoms with Crippen LogP contribution in [-0.4, -0.2) is 55.9 Å². The van der Waals surface area contributed by atoms with E-state index in [-0.39, 0.29) is 37.9 Å². The zero-order valence-corrected chi connectivity index (χ0v) is 19.2. The second kappa shape index (κ2) is 13.7. The first-order valence-corrected chi connectivity index (χ1v) is 10.6. The van der Waals surface area contributed by atoms with Crippen LogP contribution in [0.1, 0.15) is 48.4 Å². The van der Waals surface area contributed by atoms with Gasteiger partial charge in [-0.2, -0.15) is 8.42 Å². The van der Waals surface area contributed by atoms with Crippen LogP contribution >= 0.6 is 0 Å². The minimum atomic E-state index is -4.41. The zero-order valence-electron chi connectivity index (χ0n) is 19.4. The predicted molar refractivity (Wildman–Crippen MR) is 107 cm³/mol. The molecule has 0 aromatic rings. The maximum Gasteiger partial charge on any atom is 1.00 e. The first kappa shape index (κ1) is 30.6. The molecule has 0 saturated heterocycles. The fraction of sp³-hybridized carbons (Fsp3) is 0.632. The summed E-state index contributed by atoms with van der Waals surface area (Å²) < 4.78 is 46.7. The van der Waals surface area contributed by atoms with Gasteiger partial charge in [-0.1, -0.05) is 32.9 Å². The molecular formula is C19H31LiO9S. The van der Waals surface area contributed by atoms with Gasteiger partial charge in [0, 0.05) is 11.1 Å². The Morgan fingerprint density at radius 2 is 1.47 bits per heavy atom. The van der Waals surface area contributed by atoms with Crippen molar-refractivity contribution >= 4 is 28.0 Å². The van der Waals surface area contributed by atoms with Crippen molar-refractivity contribution in [2.24, 2.45) is 5.41 Å². The van der Waals surface area contributed by atoms with Gasteiger partial charge in [0.05, 0.1) is 0 Å².